The molecule has 11 heteroatoms. The monoisotopic (exact) mass is 782 g/mol. The Labute approximate surface area is 336 Å². The Kier molecular flexibility index (Phi) is 11.5. The molecule has 1 aliphatic carbocycles. The number of nitro groups is 1. The van der Waals surface area contributed by atoms with Gasteiger partial charge in [-0.2, -0.15) is 0 Å². The van der Waals surface area contributed by atoms with Gasteiger partial charge in [0.25, 0.3) is 11.6 Å². The molecule has 1 aliphatic rings. The van der Waals surface area contributed by atoms with Crippen LogP contribution in [0.15, 0.2) is 134 Å². The van der Waals surface area contributed by atoms with Gasteiger partial charge in [-0.25, -0.2) is 13.6 Å². The fraction of sp³-hybridized carbons (Fsp3) is 0.234. The summed E-state index contributed by atoms with van der Waals surface area (Å²) in [6.07, 6.45) is 1.52. The fourth-order valence-electron chi connectivity index (χ4n) is 7.94. The number of benzene rings is 5. The van der Waals surface area contributed by atoms with E-state index in [-0.39, 0.29) is 48.3 Å². The zero-order valence-electron chi connectivity index (χ0n) is 32.5. The van der Waals surface area contributed by atoms with Crippen LogP contribution in [0, 0.1) is 27.2 Å². The van der Waals surface area contributed by atoms with E-state index in [1.54, 1.807) is 17.2 Å². The number of hydrogen-bond acceptors (Lipinski definition) is 5. The van der Waals surface area contributed by atoms with Crippen molar-refractivity contribution in [3.8, 4) is 22.3 Å². The molecule has 2 amide bonds. The van der Waals surface area contributed by atoms with Crippen LogP contribution in [-0.4, -0.2) is 46.1 Å². The van der Waals surface area contributed by atoms with Gasteiger partial charge in [0.15, 0.2) is 0 Å². The lowest BCUT2D eigenvalue weighted by Gasteiger charge is -2.41. The second-order valence-electron chi connectivity index (χ2n) is 15.6. The minimum atomic E-state index is -0.640. The molecule has 0 fully saturated rings. The molecule has 7 rings (SSSR count). The molecule has 0 saturated carbocycles. The zero-order chi connectivity index (χ0) is 41.0. The van der Waals surface area contributed by atoms with E-state index < -0.39 is 34.1 Å². The van der Waals surface area contributed by atoms with E-state index in [1.165, 1.54) is 24.3 Å². The third-order valence-electron chi connectivity index (χ3n) is 10.6. The number of halogens is 2. The first-order chi connectivity index (χ1) is 27.9. The second-order valence-corrected chi connectivity index (χ2v) is 15.6. The minimum Gasteiger partial charge on any atom is -0.449 e. The number of fused-ring (bicyclic) bond motifs is 3. The topological polar surface area (TPSA) is 107 Å². The molecule has 1 aromatic heterocycles. The van der Waals surface area contributed by atoms with Crippen molar-refractivity contribution in [1.29, 1.82) is 0 Å². The van der Waals surface area contributed by atoms with Gasteiger partial charge in [0.2, 0.25) is 0 Å². The molecule has 6 aromatic rings. The largest absolute Gasteiger partial charge is 0.449 e. The van der Waals surface area contributed by atoms with E-state index in [0.717, 1.165) is 46.0 Å². The summed E-state index contributed by atoms with van der Waals surface area (Å²) >= 11 is 0. The van der Waals surface area contributed by atoms with Crippen molar-refractivity contribution in [3.05, 3.63) is 183 Å². The van der Waals surface area contributed by atoms with Gasteiger partial charge in [0, 0.05) is 66.3 Å². The summed E-state index contributed by atoms with van der Waals surface area (Å²) in [7, 11) is 0. The lowest BCUT2D eigenvalue weighted by atomic mass is 9.82. The van der Waals surface area contributed by atoms with Crippen LogP contribution in [0.5, 0.6) is 0 Å². The molecule has 1 N–H and O–H groups in total. The van der Waals surface area contributed by atoms with Crippen molar-refractivity contribution < 1.29 is 28.0 Å². The maximum atomic E-state index is 15.3. The number of nitro benzene ring substituents is 1. The Morgan fingerprint density at radius 2 is 1.48 bits per heavy atom. The molecular weight excluding hydrogens is 739 g/mol. The molecule has 0 spiro atoms. The number of carbonyl (C=O) groups excluding carboxylic acids is 2. The van der Waals surface area contributed by atoms with Crippen molar-refractivity contribution in [3.63, 3.8) is 0 Å². The lowest BCUT2D eigenvalue weighted by molar-refractivity contribution is -0.384. The molecule has 5 aromatic carbocycles. The van der Waals surface area contributed by atoms with E-state index in [4.69, 9.17) is 4.74 Å². The predicted molar refractivity (Wildman–Crippen MR) is 219 cm³/mol. The van der Waals surface area contributed by atoms with Crippen LogP contribution in [0.3, 0.4) is 0 Å². The molecule has 0 radical (unpaired) electrons. The fourth-order valence-corrected chi connectivity index (χ4v) is 7.94. The number of non-ortho nitro benzene ring substituents is 1. The zero-order valence-corrected chi connectivity index (χ0v) is 32.5. The number of ether oxygens (including phenoxy) is 1. The van der Waals surface area contributed by atoms with Gasteiger partial charge in [-0.3, -0.25) is 14.9 Å². The predicted octanol–water partition coefficient (Wildman–Crippen LogP) is 10.5. The van der Waals surface area contributed by atoms with E-state index in [1.807, 2.05) is 79.9 Å². The first-order valence-electron chi connectivity index (χ1n) is 19.2. The van der Waals surface area contributed by atoms with Gasteiger partial charge >= 0.3 is 6.09 Å². The average Bonchev–Trinajstić information content (AvgIpc) is 3.77. The summed E-state index contributed by atoms with van der Waals surface area (Å²) in [5.74, 6) is -1.66. The Bertz CT molecular complexity index is 2400. The van der Waals surface area contributed by atoms with Crippen LogP contribution < -0.4 is 5.32 Å². The number of amides is 2. The molecule has 9 nitrogen and oxygen atoms in total. The van der Waals surface area contributed by atoms with Crippen LogP contribution in [0.25, 0.3) is 22.3 Å². The lowest BCUT2D eigenvalue weighted by Crippen LogP contribution is -2.43. The van der Waals surface area contributed by atoms with Crippen LogP contribution in [0.2, 0.25) is 0 Å². The normalized spacial score (nSPS) is 12.7. The molecule has 0 unspecified atom stereocenters. The van der Waals surface area contributed by atoms with Gasteiger partial charge < -0.3 is 19.5 Å². The van der Waals surface area contributed by atoms with E-state index in [2.05, 4.69) is 29.6 Å². The van der Waals surface area contributed by atoms with Crippen LogP contribution >= 0.6 is 0 Å². The summed E-state index contributed by atoms with van der Waals surface area (Å²) in [6.45, 7) is 6.86. The summed E-state index contributed by atoms with van der Waals surface area (Å²) < 4.78 is 37.5. The maximum Gasteiger partial charge on any atom is 0.407 e. The Hall–Kier alpha value is -6.62. The number of rotatable bonds is 13. The molecular formula is C47H44F2N4O5. The summed E-state index contributed by atoms with van der Waals surface area (Å²) in [5, 5.41) is 14.3. The van der Waals surface area contributed by atoms with Gasteiger partial charge in [0.1, 0.15) is 18.2 Å². The van der Waals surface area contributed by atoms with Crippen molar-refractivity contribution >= 4 is 17.7 Å². The van der Waals surface area contributed by atoms with E-state index in [9.17, 15) is 24.1 Å². The molecule has 0 bridgehead atoms. The first-order valence-corrected chi connectivity index (χ1v) is 19.2. The maximum absolute atomic E-state index is 15.3. The Balaban J connectivity index is 1.16. The number of alkyl carbamates (subject to hydrolysis) is 1. The first kappa shape index (κ1) is 39.6. The summed E-state index contributed by atoms with van der Waals surface area (Å²) in [6, 6.07) is 35.8. The van der Waals surface area contributed by atoms with E-state index >= 15 is 4.39 Å². The number of nitrogens with zero attached hydrogens (tertiary/aromatic N) is 3. The van der Waals surface area contributed by atoms with E-state index in [0.29, 0.717) is 24.2 Å². The molecule has 0 aliphatic heterocycles. The summed E-state index contributed by atoms with van der Waals surface area (Å²) in [4.78, 5) is 40.4. The van der Waals surface area contributed by atoms with Crippen molar-refractivity contribution in [1.82, 2.24) is 14.8 Å². The number of hydrogen-bond donors (Lipinski definition) is 1. The van der Waals surface area contributed by atoms with Crippen molar-refractivity contribution in [2.45, 2.75) is 45.7 Å². The van der Waals surface area contributed by atoms with Crippen molar-refractivity contribution in [2.24, 2.45) is 5.41 Å². The van der Waals surface area contributed by atoms with Crippen LogP contribution in [0.1, 0.15) is 71.9 Å². The molecule has 0 saturated heterocycles. The van der Waals surface area contributed by atoms with Gasteiger partial charge in [-0.15, -0.1) is 0 Å². The highest BCUT2D eigenvalue weighted by atomic mass is 19.1. The average molecular weight is 783 g/mol. The third-order valence-corrected chi connectivity index (χ3v) is 10.6. The smallest absolute Gasteiger partial charge is 0.407 e. The molecule has 58 heavy (non-hydrogen) atoms. The van der Waals surface area contributed by atoms with Gasteiger partial charge in [-0.05, 0) is 76.1 Å². The SMILES string of the molecule is CC(C)(C)[C@H](c1cc(-c2cc(F)ccc2F)cn1Cc1ccccc1)N(CCCNC(=O)OCC1c2ccccc2-c2ccccc21)C(=O)c1ccc([N+](=O)[O-])cc1. The summed E-state index contributed by atoms with van der Waals surface area (Å²) in [5.41, 5.74) is 6.08. The van der Waals surface area contributed by atoms with Crippen LogP contribution in [-0.2, 0) is 11.3 Å². The molecule has 1 atom stereocenters. The van der Waals surface area contributed by atoms with Gasteiger partial charge in [-0.1, -0.05) is 99.6 Å². The molecule has 296 valence electrons. The van der Waals surface area contributed by atoms with Gasteiger partial charge in [0.05, 0.1) is 11.0 Å². The standard InChI is InChI=1S/C47H44F2N4O5/c1-47(2,3)44(43-26-33(40-27-34(48)20-23-42(40)49)29-51(43)28-31-12-5-4-6-13-31)52(45(54)32-18-21-35(22-19-32)53(56)57)25-11-24-50-46(55)58-30-41-38-16-9-7-14-36(38)37-15-8-10-17-39(37)41/h4-10,12-23,26-27,29,41,44H,11,24-25,28,30H2,1-3H3,(H,50,55)/t44-/m0/s1. The minimum absolute atomic E-state index is 0.0845. The van der Waals surface area contributed by atoms with Crippen LogP contribution in [0.4, 0.5) is 19.3 Å². The Morgan fingerprint density at radius 3 is 2.12 bits per heavy atom. The van der Waals surface area contributed by atoms with Crippen molar-refractivity contribution in [2.75, 3.05) is 19.7 Å². The third kappa shape index (κ3) is 8.53. The quantitative estimate of drug-likeness (QED) is 0.0713. The Morgan fingerprint density at radius 1 is 0.845 bits per heavy atom. The second kappa shape index (κ2) is 16.9. The number of carbonyl (C=O) groups is 2. The highest BCUT2D eigenvalue weighted by Crippen LogP contribution is 2.45. The molecule has 1 heterocycles. The highest BCUT2D eigenvalue weighted by molar-refractivity contribution is 5.95. The number of aromatic nitrogens is 1. The number of nitrogens with one attached hydrogen (secondary N) is 1. The highest BCUT2D eigenvalue weighted by Gasteiger charge is 2.38.